The van der Waals surface area contributed by atoms with E-state index >= 15 is 0 Å². The standard InChI is InChI=1S/C21H27F2N5O2.HI/c1-24-21(26-13-15-7-8-25-19(11-15)28-9-3-4-10-28)27-14-16-12-17(29-2)5-6-18(16)30-20(22)23;/h5-8,11-12,20H,3-4,9-10,13-14H2,1-2H3,(H2,24,26,27);1H. The molecule has 1 aromatic carbocycles. The number of nitrogens with one attached hydrogen (secondary N) is 2. The Balaban J connectivity index is 0.00000341. The lowest BCUT2D eigenvalue weighted by Gasteiger charge is -2.18. The number of anilines is 1. The first-order valence-electron chi connectivity index (χ1n) is 9.85. The summed E-state index contributed by atoms with van der Waals surface area (Å²) < 4.78 is 35.1. The monoisotopic (exact) mass is 547 g/mol. The minimum absolute atomic E-state index is 0. The molecule has 1 fully saturated rings. The van der Waals surface area contributed by atoms with Gasteiger partial charge in [-0.15, -0.1) is 24.0 Å². The molecular weight excluding hydrogens is 519 g/mol. The van der Waals surface area contributed by atoms with Crippen molar-refractivity contribution >= 4 is 35.8 Å². The van der Waals surface area contributed by atoms with Crippen molar-refractivity contribution in [1.82, 2.24) is 15.6 Å². The second-order valence-electron chi connectivity index (χ2n) is 6.85. The first kappa shape index (κ1) is 24.9. The molecule has 170 valence electrons. The van der Waals surface area contributed by atoms with Gasteiger partial charge < -0.3 is 25.0 Å². The number of aliphatic imine (C=N–C) groups is 1. The van der Waals surface area contributed by atoms with E-state index in [9.17, 15) is 8.78 Å². The molecule has 1 aliphatic heterocycles. The van der Waals surface area contributed by atoms with Crippen molar-refractivity contribution in [3.8, 4) is 11.5 Å². The molecule has 2 heterocycles. The number of methoxy groups -OCH3 is 1. The highest BCUT2D eigenvalue weighted by molar-refractivity contribution is 14.0. The van der Waals surface area contributed by atoms with Crippen LogP contribution in [0.25, 0.3) is 0 Å². The van der Waals surface area contributed by atoms with Gasteiger partial charge >= 0.3 is 6.61 Å². The van der Waals surface area contributed by atoms with E-state index in [1.807, 2.05) is 12.3 Å². The van der Waals surface area contributed by atoms with Gasteiger partial charge in [-0.25, -0.2) is 4.98 Å². The summed E-state index contributed by atoms with van der Waals surface area (Å²) in [5.74, 6) is 2.18. The fourth-order valence-electron chi connectivity index (χ4n) is 3.31. The average Bonchev–Trinajstić information content (AvgIpc) is 3.29. The molecule has 3 rings (SSSR count). The zero-order valence-corrected chi connectivity index (χ0v) is 19.9. The maximum atomic E-state index is 12.7. The van der Waals surface area contributed by atoms with Gasteiger partial charge in [0.25, 0.3) is 0 Å². The number of hydrogen-bond donors (Lipinski definition) is 2. The van der Waals surface area contributed by atoms with E-state index in [4.69, 9.17) is 4.74 Å². The Labute approximate surface area is 198 Å². The summed E-state index contributed by atoms with van der Waals surface area (Å²) >= 11 is 0. The predicted octanol–water partition coefficient (Wildman–Crippen LogP) is 3.78. The van der Waals surface area contributed by atoms with E-state index in [0.717, 1.165) is 24.5 Å². The summed E-state index contributed by atoms with van der Waals surface area (Å²) in [6.45, 7) is -0.0190. The fourth-order valence-corrected chi connectivity index (χ4v) is 3.31. The van der Waals surface area contributed by atoms with Crippen LogP contribution in [0.4, 0.5) is 14.6 Å². The highest BCUT2D eigenvalue weighted by Crippen LogP contribution is 2.25. The Morgan fingerprint density at radius 2 is 1.90 bits per heavy atom. The largest absolute Gasteiger partial charge is 0.497 e. The number of halogens is 3. The topological polar surface area (TPSA) is 71.0 Å². The number of ether oxygens (including phenoxy) is 2. The lowest BCUT2D eigenvalue weighted by Crippen LogP contribution is -2.36. The Bertz CT molecular complexity index is 863. The highest BCUT2D eigenvalue weighted by atomic mass is 127. The van der Waals surface area contributed by atoms with Crippen molar-refractivity contribution in [2.45, 2.75) is 32.5 Å². The third-order valence-corrected chi connectivity index (χ3v) is 4.85. The van der Waals surface area contributed by atoms with E-state index < -0.39 is 6.61 Å². The third-order valence-electron chi connectivity index (χ3n) is 4.85. The number of rotatable bonds is 8. The summed E-state index contributed by atoms with van der Waals surface area (Å²) in [6.07, 6.45) is 4.20. The third kappa shape index (κ3) is 7.37. The van der Waals surface area contributed by atoms with Crippen LogP contribution in [-0.2, 0) is 13.1 Å². The summed E-state index contributed by atoms with van der Waals surface area (Å²) in [5, 5.41) is 6.36. The van der Waals surface area contributed by atoms with Gasteiger partial charge in [-0.3, -0.25) is 4.99 Å². The van der Waals surface area contributed by atoms with E-state index in [1.54, 1.807) is 19.2 Å². The van der Waals surface area contributed by atoms with E-state index in [0.29, 0.717) is 23.8 Å². The minimum Gasteiger partial charge on any atom is -0.497 e. The van der Waals surface area contributed by atoms with Gasteiger partial charge in [0, 0.05) is 45.0 Å². The number of nitrogens with zero attached hydrogens (tertiary/aromatic N) is 3. The van der Waals surface area contributed by atoms with Crippen LogP contribution in [0.2, 0.25) is 0 Å². The van der Waals surface area contributed by atoms with Crippen LogP contribution in [0, 0.1) is 0 Å². The number of pyridine rings is 1. The molecule has 0 aliphatic carbocycles. The van der Waals surface area contributed by atoms with E-state index in [-0.39, 0.29) is 36.3 Å². The lowest BCUT2D eigenvalue weighted by atomic mass is 10.2. The zero-order valence-electron chi connectivity index (χ0n) is 17.6. The zero-order chi connectivity index (χ0) is 21.3. The van der Waals surface area contributed by atoms with Crippen molar-refractivity contribution in [3.63, 3.8) is 0 Å². The summed E-state index contributed by atoms with van der Waals surface area (Å²) in [6, 6.07) is 8.73. The molecule has 0 unspecified atom stereocenters. The smallest absolute Gasteiger partial charge is 0.387 e. The molecule has 0 saturated carbocycles. The normalized spacial score (nSPS) is 13.7. The van der Waals surface area contributed by atoms with Crippen LogP contribution in [0.3, 0.4) is 0 Å². The minimum atomic E-state index is -2.90. The molecule has 0 bridgehead atoms. The molecule has 7 nitrogen and oxygen atoms in total. The van der Waals surface area contributed by atoms with Crippen molar-refractivity contribution < 1.29 is 18.3 Å². The highest BCUT2D eigenvalue weighted by Gasteiger charge is 2.14. The average molecular weight is 547 g/mol. The Morgan fingerprint density at radius 1 is 1.16 bits per heavy atom. The second-order valence-corrected chi connectivity index (χ2v) is 6.85. The molecule has 31 heavy (non-hydrogen) atoms. The second kappa shape index (κ2) is 12.5. The predicted molar refractivity (Wildman–Crippen MR) is 128 cm³/mol. The number of alkyl halides is 2. The first-order valence-corrected chi connectivity index (χ1v) is 9.85. The van der Waals surface area contributed by atoms with Gasteiger partial charge in [-0.05, 0) is 48.7 Å². The first-order chi connectivity index (χ1) is 14.6. The maximum Gasteiger partial charge on any atom is 0.387 e. The Hall–Kier alpha value is -2.37. The Morgan fingerprint density at radius 3 is 2.58 bits per heavy atom. The summed E-state index contributed by atoms with van der Waals surface area (Å²) in [5.41, 5.74) is 1.62. The Kier molecular flexibility index (Phi) is 10.0. The summed E-state index contributed by atoms with van der Waals surface area (Å²) in [4.78, 5) is 10.9. The van der Waals surface area contributed by atoms with Gasteiger partial charge in [0.05, 0.1) is 7.11 Å². The number of hydrogen-bond acceptors (Lipinski definition) is 5. The number of benzene rings is 1. The van der Waals surface area contributed by atoms with Crippen LogP contribution in [0.15, 0.2) is 41.5 Å². The number of aromatic nitrogens is 1. The summed E-state index contributed by atoms with van der Waals surface area (Å²) in [7, 11) is 3.17. The van der Waals surface area contributed by atoms with Crippen LogP contribution < -0.4 is 25.0 Å². The van der Waals surface area contributed by atoms with Gasteiger partial charge in [0.2, 0.25) is 0 Å². The molecule has 2 N–H and O–H groups in total. The molecular formula is C21H28F2IN5O2. The molecule has 10 heteroatoms. The van der Waals surface area contributed by atoms with Crippen LogP contribution in [0.5, 0.6) is 11.5 Å². The molecule has 2 aromatic rings. The van der Waals surface area contributed by atoms with Crippen LogP contribution in [-0.4, -0.2) is 44.8 Å². The van der Waals surface area contributed by atoms with Crippen LogP contribution >= 0.6 is 24.0 Å². The molecule has 0 amide bonds. The molecule has 0 radical (unpaired) electrons. The SMILES string of the molecule is CN=C(NCc1ccnc(N2CCCC2)c1)NCc1cc(OC)ccc1OC(F)F.I. The van der Waals surface area contributed by atoms with Gasteiger partial charge in [-0.2, -0.15) is 8.78 Å². The maximum absolute atomic E-state index is 12.7. The lowest BCUT2D eigenvalue weighted by molar-refractivity contribution is -0.0504. The van der Waals surface area contributed by atoms with E-state index in [2.05, 4.69) is 36.3 Å². The quantitative estimate of drug-likeness (QED) is 0.298. The molecule has 1 saturated heterocycles. The van der Waals surface area contributed by atoms with Crippen molar-refractivity contribution in [2.75, 3.05) is 32.1 Å². The van der Waals surface area contributed by atoms with Crippen molar-refractivity contribution in [1.29, 1.82) is 0 Å². The van der Waals surface area contributed by atoms with Crippen molar-refractivity contribution in [2.24, 2.45) is 4.99 Å². The van der Waals surface area contributed by atoms with E-state index in [1.165, 1.54) is 26.0 Å². The molecule has 1 aromatic heterocycles. The molecule has 0 atom stereocenters. The fraction of sp³-hybridized carbons (Fsp3) is 0.429. The van der Waals surface area contributed by atoms with Crippen LogP contribution in [0.1, 0.15) is 24.0 Å². The molecule has 0 spiro atoms. The number of guanidine groups is 1. The van der Waals surface area contributed by atoms with Gasteiger partial charge in [0.1, 0.15) is 17.3 Å². The van der Waals surface area contributed by atoms with Gasteiger partial charge in [0.15, 0.2) is 5.96 Å². The van der Waals surface area contributed by atoms with Gasteiger partial charge in [-0.1, -0.05) is 0 Å². The van der Waals surface area contributed by atoms with Crippen molar-refractivity contribution in [3.05, 3.63) is 47.7 Å². The molecule has 1 aliphatic rings.